The SMILES string of the molecule is Cc1cccc(C(CBr)(CBr)Cc2cscn2)c1. The van der Waals surface area contributed by atoms with E-state index in [2.05, 4.69) is 73.4 Å². The van der Waals surface area contributed by atoms with Gasteiger partial charge in [-0.1, -0.05) is 61.7 Å². The van der Waals surface area contributed by atoms with Crippen LogP contribution in [0, 0.1) is 6.92 Å². The third-order valence-electron chi connectivity index (χ3n) is 3.15. The van der Waals surface area contributed by atoms with Crippen LogP contribution in [0.25, 0.3) is 0 Å². The molecule has 0 aliphatic rings. The Kier molecular flexibility index (Phi) is 4.98. The van der Waals surface area contributed by atoms with Gasteiger partial charge < -0.3 is 0 Å². The lowest BCUT2D eigenvalue weighted by Gasteiger charge is -2.30. The van der Waals surface area contributed by atoms with Crippen molar-refractivity contribution >= 4 is 43.2 Å². The van der Waals surface area contributed by atoms with Gasteiger partial charge in [0.2, 0.25) is 0 Å². The van der Waals surface area contributed by atoms with Crippen molar-refractivity contribution in [3.05, 3.63) is 52.0 Å². The number of hydrogen-bond acceptors (Lipinski definition) is 2. The van der Waals surface area contributed by atoms with E-state index in [9.17, 15) is 0 Å². The Labute approximate surface area is 129 Å². The number of aryl methyl sites for hydroxylation is 1. The maximum absolute atomic E-state index is 4.42. The molecule has 96 valence electrons. The largest absolute Gasteiger partial charge is 0.250 e. The first kappa shape index (κ1) is 14.2. The Morgan fingerprint density at radius 1 is 1.28 bits per heavy atom. The molecule has 2 aromatic rings. The third-order valence-corrected chi connectivity index (χ3v) is 5.93. The van der Waals surface area contributed by atoms with Crippen LogP contribution in [0.3, 0.4) is 0 Å². The zero-order valence-electron chi connectivity index (χ0n) is 10.2. The fraction of sp³-hybridized carbons (Fsp3) is 0.357. The minimum absolute atomic E-state index is 0.0695. The van der Waals surface area contributed by atoms with Gasteiger partial charge in [-0.15, -0.1) is 11.3 Å². The molecule has 0 aliphatic carbocycles. The van der Waals surface area contributed by atoms with E-state index < -0.39 is 0 Å². The van der Waals surface area contributed by atoms with Crippen LogP contribution in [-0.2, 0) is 11.8 Å². The van der Waals surface area contributed by atoms with E-state index in [0.717, 1.165) is 17.1 Å². The van der Waals surface area contributed by atoms with Crippen molar-refractivity contribution < 1.29 is 0 Å². The van der Waals surface area contributed by atoms with Gasteiger partial charge >= 0.3 is 0 Å². The Hall–Kier alpha value is -0.190. The number of rotatable bonds is 5. The summed E-state index contributed by atoms with van der Waals surface area (Å²) in [4.78, 5) is 4.42. The Morgan fingerprint density at radius 3 is 2.61 bits per heavy atom. The second-order valence-electron chi connectivity index (χ2n) is 4.57. The fourth-order valence-corrected chi connectivity index (χ4v) is 4.56. The van der Waals surface area contributed by atoms with Crippen molar-refractivity contribution in [1.82, 2.24) is 4.98 Å². The molecule has 0 aliphatic heterocycles. The molecule has 0 N–H and O–H groups in total. The second kappa shape index (κ2) is 6.31. The molecule has 1 heterocycles. The molecule has 0 unspecified atom stereocenters. The van der Waals surface area contributed by atoms with Gasteiger partial charge in [0.25, 0.3) is 0 Å². The second-order valence-corrected chi connectivity index (χ2v) is 6.41. The molecular weight excluding hydrogens is 374 g/mol. The van der Waals surface area contributed by atoms with Gasteiger partial charge in [-0.2, -0.15) is 0 Å². The molecule has 18 heavy (non-hydrogen) atoms. The maximum Gasteiger partial charge on any atom is 0.0794 e. The van der Waals surface area contributed by atoms with E-state index in [4.69, 9.17) is 0 Å². The van der Waals surface area contributed by atoms with Gasteiger partial charge in [0.15, 0.2) is 0 Å². The van der Waals surface area contributed by atoms with Crippen LogP contribution in [0.5, 0.6) is 0 Å². The van der Waals surface area contributed by atoms with Gasteiger partial charge in [-0.25, -0.2) is 4.98 Å². The van der Waals surface area contributed by atoms with Gasteiger partial charge in [0.05, 0.1) is 11.2 Å². The minimum Gasteiger partial charge on any atom is -0.250 e. The Bertz CT molecular complexity index is 492. The molecule has 4 heteroatoms. The number of halogens is 2. The molecule has 0 bridgehead atoms. The lowest BCUT2D eigenvalue weighted by molar-refractivity contribution is 0.544. The lowest BCUT2D eigenvalue weighted by atomic mass is 9.80. The normalized spacial score (nSPS) is 11.7. The van der Waals surface area contributed by atoms with Gasteiger partial charge in [-0.3, -0.25) is 0 Å². The quantitative estimate of drug-likeness (QED) is 0.675. The highest BCUT2D eigenvalue weighted by Crippen LogP contribution is 2.33. The number of aromatic nitrogens is 1. The van der Waals surface area contributed by atoms with Crippen LogP contribution in [-0.4, -0.2) is 15.6 Å². The summed E-state index contributed by atoms with van der Waals surface area (Å²) in [5, 5.41) is 3.98. The average molecular weight is 389 g/mol. The average Bonchev–Trinajstić information content (AvgIpc) is 2.89. The first-order valence-electron chi connectivity index (χ1n) is 5.76. The standard InChI is InChI=1S/C14H15Br2NS/c1-11-3-2-4-12(5-11)14(8-15,9-16)6-13-7-18-10-17-13/h2-5,7,10H,6,8-9H2,1H3. The van der Waals surface area contributed by atoms with Gasteiger partial charge in [-0.05, 0) is 12.5 Å². The highest BCUT2D eigenvalue weighted by Gasteiger charge is 2.31. The number of alkyl halides is 2. The predicted molar refractivity (Wildman–Crippen MR) is 86.3 cm³/mol. The van der Waals surface area contributed by atoms with Crippen LogP contribution < -0.4 is 0 Å². The first-order chi connectivity index (χ1) is 8.70. The topological polar surface area (TPSA) is 12.9 Å². The summed E-state index contributed by atoms with van der Waals surface area (Å²) in [6, 6.07) is 8.75. The summed E-state index contributed by atoms with van der Waals surface area (Å²) >= 11 is 9.03. The van der Waals surface area contributed by atoms with Crippen molar-refractivity contribution in [3.63, 3.8) is 0 Å². The van der Waals surface area contributed by atoms with E-state index in [0.29, 0.717) is 0 Å². The van der Waals surface area contributed by atoms with Gasteiger partial charge in [0.1, 0.15) is 0 Å². The molecule has 0 fully saturated rings. The molecular formula is C14H15Br2NS. The van der Waals surface area contributed by atoms with E-state index in [1.807, 2.05) is 5.51 Å². The number of hydrogen-bond donors (Lipinski definition) is 0. The van der Waals surface area contributed by atoms with Gasteiger partial charge in [0, 0.05) is 27.9 Å². The smallest absolute Gasteiger partial charge is 0.0794 e. The third kappa shape index (κ3) is 3.03. The van der Waals surface area contributed by atoms with Crippen LogP contribution in [0.4, 0.5) is 0 Å². The zero-order chi connectivity index (χ0) is 13.0. The van der Waals surface area contributed by atoms with Crippen molar-refractivity contribution in [3.8, 4) is 0 Å². The molecule has 1 nitrogen and oxygen atoms in total. The highest BCUT2D eigenvalue weighted by molar-refractivity contribution is 9.09. The zero-order valence-corrected chi connectivity index (χ0v) is 14.2. The number of thiazole rings is 1. The maximum atomic E-state index is 4.42. The summed E-state index contributed by atoms with van der Waals surface area (Å²) in [6.45, 7) is 2.14. The van der Waals surface area contributed by atoms with Crippen molar-refractivity contribution in [1.29, 1.82) is 0 Å². The summed E-state index contributed by atoms with van der Waals surface area (Å²) in [5.41, 5.74) is 5.81. The molecule has 0 atom stereocenters. The Balaban J connectivity index is 2.37. The molecule has 0 spiro atoms. The fourth-order valence-electron chi connectivity index (χ4n) is 2.03. The van der Waals surface area contributed by atoms with Crippen molar-refractivity contribution in [2.24, 2.45) is 0 Å². The molecule has 0 saturated carbocycles. The molecule has 2 rings (SSSR count). The van der Waals surface area contributed by atoms with Crippen molar-refractivity contribution in [2.45, 2.75) is 18.8 Å². The number of nitrogens with zero attached hydrogens (tertiary/aromatic N) is 1. The molecule has 0 saturated heterocycles. The Morgan fingerprint density at radius 2 is 2.06 bits per heavy atom. The van der Waals surface area contributed by atoms with E-state index in [1.165, 1.54) is 16.8 Å². The molecule has 0 radical (unpaired) electrons. The summed E-state index contributed by atoms with van der Waals surface area (Å²) in [6.07, 6.45) is 0.955. The van der Waals surface area contributed by atoms with E-state index in [-0.39, 0.29) is 5.41 Å². The van der Waals surface area contributed by atoms with Crippen LogP contribution in [0.1, 0.15) is 16.8 Å². The van der Waals surface area contributed by atoms with Crippen molar-refractivity contribution in [2.75, 3.05) is 10.7 Å². The summed E-state index contributed by atoms with van der Waals surface area (Å²) in [5.74, 6) is 0. The summed E-state index contributed by atoms with van der Waals surface area (Å²) < 4.78 is 0. The number of benzene rings is 1. The minimum atomic E-state index is 0.0695. The van der Waals surface area contributed by atoms with Crippen LogP contribution in [0.2, 0.25) is 0 Å². The van der Waals surface area contributed by atoms with Crippen LogP contribution in [0.15, 0.2) is 35.2 Å². The first-order valence-corrected chi connectivity index (χ1v) is 8.95. The van der Waals surface area contributed by atoms with E-state index >= 15 is 0 Å². The predicted octanol–water partition coefficient (Wildman–Crippen LogP) is 4.72. The highest BCUT2D eigenvalue weighted by atomic mass is 79.9. The lowest BCUT2D eigenvalue weighted by Crippen LogP contribution is -2.33. The monoisotopic (exact) mass is 387 g/mol. The van der Waals surface area contributed by atoms with E-state index in [1.54, 1.807) is 11.3 Å². The summed E-state index contributed by atoms with van der Waals surface area (Å²) in [7, 11) is 0. The molecule has 1 aromatic heterocycles. The molecule has 1 aromatic carbocycles. The van der Waals surface area contributed by atoms with Crippen LogP contribution >= 0.6 is 43.2 Å². The molecule has 0 amide bonds.